The third-order valence-corrected chi connectivity index (χ3v) is 8.99. The van der Waals surface area contributed by atoms with Crippen LogP contribution in [0.15, 0.2) is 0 Å². The molecule has 1 atom stereocenters. The van der Waals surface area contributed by atoms with Gasteiger partial charge >= 0.3 is 11.9 Å². The molecule has 0 saturated heterocycles. The van der Waals surface area contributed by atoms with Gasteiger partial charge in [0.15, 0.2) is 0 Å². The summed E-state index contributed by atoms with van der Waals surface area (Å²) >= 11 is 0. The van der Waals surface area contributed by atoms with Gasteiger partial charge in [-0.1, -0.05) is 89.9 Å². The molecule has 18 nitrogen and oxygen atoms in total. The fourth-order valence-corrected chi connectivity index (χ4v) is 5.75. The number of rotatable bonds is 45. The summed E-state index contributed by atoms with van der Waals surface area (Å²) in [6.45, 7) is 2.32. The Bertz CT molecular complexity index is 1080. The number of ether oxygens (including phenoxy) is 5. The predicted molar refractivity (Wildman–Crippen MR) is 220 cm³/mol. The highest BCUT2D eigenvalue weighted by molar-refractivity contribution is 5.84. The van der Waals surface area contributed by atoms with E-state index in [-0.39, 0.29) is 128 Å². The maximum atomic E-state index is 12.3. The van der Waals surface area contributed by atoms with Gasteiger partial charge in [-0.15, -0.1) is 0 Å². The number of aliphatic carboxylic acids is 2. The van der Waals surface area contributed by atoms with E-state index in [4.69, 9.17) is 33.9 Å². The quantitative estimate of drug-likeness (QED) is 0.0435. The Hall–Kier alpha value is -3.42. The van der Waals surface area contributed by atoms with Crippen LogP contribution < -0.4 is 21.3 Å². The molecular formula is C41H76N4O14. The van der Waals surface area contributed by atoms with Gasteiger partial charge in [0.25, 0.3) is 0 Å². The average Bonchev–Trinajstić information content (AvgIpc) is 3.20. The largest absolute Gasteiger partial charge is 0.481 e. The van der Waals surface area contributed by atoms with Gasteiger partial charge < -0.3 is 60.3 Å². The number of aliphatic hydroxyl groups excluding tert-OH is 1. The minimum absolute atomic E-state index is 0.0224. The zero-order valence-electron chi connectivity index (χ0n) is 35.5. The van der Waals surface area contributed by atoms with Gasteiger partial charge in [0.2, 0.25) is 23.6 Å². The van der Waals surface area contributed by atoms with Crippen molar-refractivity contribution in [2.24, 2.45) is 0 Å². The highest BCUT2D eigenvalue weighted by Gasteiger charge is 2.20. The molecule has 0 unspecified atom stereocenters. The fraction of sp³-hybridized carbons (Fsp3) is 0.854. The van der Waals surface area contributed by atoms with Crippen LogP contribution in [0, 0.1) is 0 Å². The molecule has 0 aliphatic carbocycles. The number of carbonyl (C=O) groups excluding carboxylic acids is 4. The van der Waals surface area contributed by atoms with Crippen LogP contribution in [-0.2, 0) is 52.5 Å². The molecule has 0 spiro atoms. The lowest BCUT2D eigenvalue weighted by Gasteiger charge is -2.14. The Kier molecular flexibility index (Phi) is 40.2. The number of carboxylic acid groups (broad SMARTS) is 2. The first kappa shape index (κ1) is 55.6. The zero-order chi connectivity index (χ0) is 43.4. The molecular weight excluding hydrogens is 772 g/mol. The van der Waals surface area contributed by atoms with Crippen molar-refractivity contribution in [3.8, 4) is 0 Å². The van der Waals surface area contributed by atoms with E-state index in [1.807, 2.05) is 0 Å². The highest BCUT2D eigenvalue weighted by atomic mass is 16.5. The van der Waals surface area contributed by atoms with Gasteiger partial charge in [0, 0.05) is 38.9 Å². The number of carbonyl (C=O) groups is 6. The second-order valence-corrected chi connectivity index (χ2v) is 14.3. The maximum absolute atomic E-state index is 12.3. The first-order valence-electron chi connectivity index (χ1n) is 21.7. The van der Waals surface area contributed by atoms with Crippen molar-refractivity contribution < 1.29 is 67.8 Å². The number of carboxylic acids is 2. The molecule has 0 aromatic carbocycles. The van der Waals surface area contributed by atoms with E-state index in [2.05, 4.69) is 21.3 Å². The Balaban J connectivity index is 3.63. The van der Waals surface area contributed by atoms with E-state index in [1.165, 1.54) is 57.8 Å². The SMILES string of the molecule is O=C(O)CCCCCCCCCCCCCCCCCCC(=O)N[C@@H](CCC(=O)NCCOCCOCC(=O)NCCOCCOCC(=O)NCCOCCO)C(=O)O. The van der Waals surface area contributed by atoms with Gasteiger partial charge in [-0.25, -0.2) is 4.79 Å². The lowest BCUT2D eigenvalue weighted by atomic mass is 10.0. The number of amides is 4. The van der Waals surface area contributed by atoms with Gasteiger partial charge in [-0.05, 0) is 19.3 Å². The van der Waals surface area contributed by atoms with Crippen LogP contribution in [0.1, 0.15) is 128 Å². The molecule has 0 aromatic heterocycles. The van der Waals surface area contributed by atoms with Gasteiger partial charge in [0.1, 0.15) is 19.3 Å². The van der Waals surface area contributed by atoms with E-state index in [1.54, 1.807) is 0 Å². The van der Waals surface area contributed by atoms with E-state index >= 15 is 0 Å². The Labute approximate surface area is 350 Å². The van der Waals surface area contributed by atoms with Crippen molar-refractivity contribution in [2.45, 2.75) is 134 Å². The summed E-state index contributed by atoms with van der Waals surface area (Å²) in [7, 11) is 0. The first-order valence-corrected chi connectivity index (χ1v) is 21.7. The molecule has 0 aliphatic rings. The third-order valence-electron chi connectivity index (χ3n) is 8.99. The van der Waals surface area contributed by atoms with Crippen LogP contribution in [0.5, 0.6) is 0 Å². The van der Waals surface area contributed by atoms with Crippen LogP contribution in [0.25, 0.3) is 0 Å². The predicted octanol–water partition coefficient (Wildman–Crippen LogP) is 2.87. The second-order valence-electron chi connectivity index (χ2n) is 14.3. The van der Waals surface area contributed by atoms with Crippen molar-refractivity contribution in [1.29, 1.82) is 0 Å². The van der Waals surface area contributed by atoms with Gasteiger partial charge in [-0.2, -0.15) is 0 Å². The van der Waals surface area contributed by atoms with Crippen LogP contribution >= 0.6 is 0 Å². The fourth-order valence-electron chi connectivity index (χ4n) is 5.75. The Morgan fingerprint density at radius 2 is 0.780 bits per heavy atom. The topological polar surface area (TPSA) is 257 Å². The first-order chi connectivity index (χ1) is 28.6. The standard InChI is InChI=1S/C41H76N4O14/c46-24-28-55-25-22-43-38(49)33-59-32-30-57-27-23-44-39(50)34-58-31-29-56-26-21-42-36(47)20-19-35(41(53)54)45-37(48)17-15-13-11-9-7-5-3-1-2-4-6-8-10-12-14-16-18-40(51)52/h35,46H,1-34H2,(H,42,47)(H,43,49)(H,44,50)(H,45,48)(H,51,52)(H,53,54)/t35-/m0/s1. The molecule has 0 radical (unpaired) electrons. The van der Waals surface area contributed by atoms with E-state index in [9.17, 15) is 33.9 Å². The Morgan fingerprint density at radius 3 is 1.19 bits per heavy atom. The van der Waals surface area contributed by atoms with Gasteiger partial charge in [0.05, 0.1) is 59.5 Å². The minimum Gasteiger partial charge on any atom is -0.481 e. The summed E-state index contributed by atoms with van der Waals surface area (Å²) in [6.07, 6.45) is 18.3. The molecule has 18 heteroatoms. The molecule has 0 bridgehead atoms. The summed E-state index contributed by atoms with van der Waals surface area (Å²) in [5.41, 5.74) is 0. The molecule has 0 fully saturated rings. The number of hydrogen-bond acceptors (Lipinski definition) is 12. The van der Waals surface area contributed by atoms with Crippen molar-refractivity contribution in [1.82, 2.24) is 21.3 Å². The second kappa shape index (κ2) is 42.7. The van der Waals surface area contributed by atoms with Crippen LogP contribution in [-0.4, -0.2) is 149 Å². The molecule has 59 heavy (non-hydrogen) atoms. The number of aliphatic hydroxyl groups is 1. The molecule has 0 saturated carbocycles. The van der Waals surface area contributed by atoms with E-state index in [0.29, 0.717) is 19.6 Å². The minimum atomic E-state index is -1.18. The summed E-state index contributed by atoms with van der Waals surface area (Å²) in [4.78, 5) is 70.1. The molecule has 0 aliphatic heterocycles. The van der Waals surface area contributed by atoms with E-state index in [0.717, 1.165) is 38.5 Å². The zero-order valence-corrected chi connectivity index (χ0v) is 35.5. The van der Waals surface area contributed by atoms with Crippen LogP contribution in [0.2, 0.25) is 0 Å². The summed E-state index contributed by atoms with van der Waals surface area (Å²) < 4.78 is 26.2. The lowest BCUT2D eigenvalue weighted by molar-refractivity contribution is -0.142. The molecule has 0 heterocycles. The van der Waals surface area contributed by atoms with Crippen molar-refractivity contribution >= 4 is 35.6 Å². The van der Waals surface area contributed by atoms with Crippen LogP contribution in [0.4, 0.5) is 0 Å². The number of nitrogens with one attached hydrogen (secondary N) is 4. The average molecular weight is 849 g/mol. The van der Waals surface area contributed by atoms with Crippen molar-refractivity contribution in [3.63, 3.8) is 0 Å². The monoisotopic (exact) mass is 849 g/mol. The van der Waals surface area contributed by atoms with Crippen molar-refractivity contribution in [2.75, 3.05) is 92.3 Å². The summed E-state index contributed by atoms with van der Waals surface area (Å²) in [5, 5.41) is 37.2. The molecule has 0 rings (SSSR count). The summed E-state index contributed by atoms with van der Waals surface area (Å²) in [5.74, 6) is -3.16. The number of hydrogen-bond donors (Lipinski definition) is 7. The Morgan fingerprint density at radius 1 is 0.407 bits per heavy atom. The summed E-state index contributed by atoms with van der Waals surface area (Å²) in [6, 6.07) is -1.14. The molecule has 344 valence electrons. The molecule has 7 N–H and O–H groups in total. The smallest absolute Gasteiger partial charge is 0.326 e. The van der Waals surface area contributed by atoms with E-state index < -0.39 is 18.0 Å². The third kappa shape index (κ3) is 42.5. The molecule has 4 amide bonds. The molecule has 0 aromatic rings. The number of unbranched alkanes of at least 4 members (excludes halogenated alkanes) is 15. The normalized spacial score (nSPS) is 11.5. The van der Waals surface area contributed by atoms with Crippen molar-refractivity contribution in [3.05, 3.63) is 0 Å². The van der Waals surface area contributed by atoms with Crippen LogP contribution in [0.3, 0.4) is 0 Å². The lowest BCUT2D eigenvalue weighted by Crippen LogP contribution is -2.41. The highest BCUT2D eigenvalue weighted by Crippen LogP contribution is 2.14. The maximum Gasteiger partial charge on any atom is 0.326 e. The van der Waals surface area contributed by atoms with Gasteiger partial charge in [-0.3, -0.25) is 24.0 Å².